The minimum Gasteiger partial charge on any atom is -0.339 e. The first-order chi connectivity index (χ1) is 10.1. The number of hydrogen-bond acceptors (Lipinski definition) is 4. The summed E-state index contributed by atoms with van der Waals surface area (Å²) in [6.07, 6.45) is 3.71. The van der Waals surface area contributed by atoms with Gasteiger partial charge in [-0.3, -0.25) is 9.48 Å². The summed E-state index contributed by atoms with van der Waals surface area (Å²) in [5, 5.41) is 7.57. The lowest BCUT2D eigenvalue weighted by atomic mass is 10.2. The Kier molecular flexibility index (Phi) is 5.76. The van der Waals surface area contributed by atoms with Gasteiger partial charge in [-0.05, 0) is 26.5 Å². The molecule has 1 amide bonds. The number of nitrogens with one attached hydrogen (secondary N) is 1. The normalized spacial score (nSPS) is 19.5. The Hall–Kier alpha value is -1.40. The van der Waals surface area contributed by atoms with Crippen molar-refractivity contribution in [2.45, 2.75) is 39.4 Å². The Bertz CT molecular complexity index is 425. The maximum atomic E-state index is 12.5. The highest BCUT2D eigenvalue weighted by molar-refractivity contribution is 5.81. The largest absolute Gasteiger partial charge is 0.339 e. The Balaban J connectivity index is 1.77. The third-order valence-corrected chi connectivity index (χ3v) is 4.06. The molecular formula is C15H27N5O. The predicted octanol–water partition coefficient (Wildman–Crippen LogP) is 0.414. The summed E-state index contributed by atoms with van der Waals surface area (Å²) in [6, 6.07) is 1.97. The maximum absolute atomic E-state index is 12.5. The monoisotopic (exact) mass is 293 g/mol. The summed E-state index contributed by atoms with van der Waals surface area (Å²) in [7, 11) is 0. The molecule has 2 atom stereocenters. The summed E-state index contributed by atoms with van der Waals surface area (Å²) < 4.78 is 1.88. The first kappa shape index (κ1) is 16.0. The smallest absolute Gasteiger partial charge is 0.239 e. The number of aromatic nitrogens is 2. The van der Waals surface area contributed by atoms with E-state index in [2.05, 4.69) is 29.2 Å². The summed E-state index contributed by atoms with van der Waals surface area (Å²) >= 11 is 0. The molecule has 0 bridgehead atoms. The summed E-state index contributed by atoms with van der Waals surface area (Å²) in [6.45, 7) is 11.7. The van der Waals surface area contributed by atoms with Gasteiger partial charge in [0.15, 0.2) is 0 Å². The predicted molar refractivity (Wildman–Crippen MR) is 83.0 cm³/mol. The Morgan fingerprint density at radius 3 is 2.57 bits per heavy atom. The van der Waals surface area contributed by atoms with Gasteiger partial charge in [0.25, 0.3) is 0 Å². The lowest BCUT2D eigenvalue weighted by Crippen LogP contribution is -2.54. The van der Waals surface area contributed by atoms with E-state index in [0.717, 1.165) is 39.3 Å². The molecule has 2 rings (SSSR count). The van der Waals surface area contributed by atoms with Gasteiger partial charge in [-0.2, -0.15) is 5.10 Å². The number of rotatable bonds is 6. The van der Waals surface area contributed by atoms with Gasteiger partial charge in [0.1, 0.15) is 0 Å². The Morgan fingerprint density at radius 2 is 2.00 bits per heavy atom. The molecule has 1 aliphatic heterocycles. The van der Waals surface area contributed by atoms with Gasteiger partial charge >= 0.3 is 0 Å². The van der Waals surface area contributed by atoms with E-state index in [1.54, 1.807) is 6.20 Å². The zero-order valence-corrected chi connectivity index (χ0v) is 13.3. The van der Waals surface area contributed by atoms with Gasteiger partial charge in [0, 0.05) is 44.6 Å². The molecule has 6 nitrogen and oxygen atoms in total. The van der Waals surface area contributed by atoms with E-state index in [1.807, 2.05) is 28.8 Å². The van der Waals surface area contributed by atoms with Crippen molar-refractivity contribution in [3.05, 3.63) is 18.5 Å². The van der Waals surface area contributed by atoms with Crippen molar-refractivity contribution in [2.24, 2.45) is 0 Å². The lowest BCUT2D eigenvalue weighted by Gasteiger charge is -2.36. The second-order valence-corrected chi connectivity index (χ2v) is 5.78. The van der Waals surface area contributed by atoms with Crippen LogP contribution in [0, 0.1) is 0 Å². The fourth-order valence-electron chi connectivity index (χ4n) is 2.80. The van der Waals surface area contributed by atoms with E-state index in [-0.39, 0.29) is 18.0 Å². The van der Waals surface area contributed by atoms with Crippen molar-refractivity contribution in [1.29, 1.82) is 0 Å². The molecule has 2 heterocycles. The molecule has 1 fully saturated rings. The second-order valence-electron chi connectivity index (χ2n) is 5.78. The van der Waals surface area contributed by atoms with E-state index >= 15 is 0 Å². The standard InChI is InChI=1S/C15H27N5O/c1-4-18-8-10-19(11-9-18)15(21)14(3)17-13(2)12-20-7-5-6-16-20/h5-7,13-14,17H,4,8-12H2,1-3H3/t13-,14-/m1/s1. The number of amides is 1. The molecule has 1 N–H and O–H groups in total. The van der Waals surface area contributed by atoms with Crippen LogP contribution in [0.4, 0.5) is 0 Å². The maximum Gasteiger partial charge on any atom is 0.239 e. The first-order valence-corrected chi connectivity index (χ1v) is 7.84. The Labute approximate surface area is 127 Å². The SMILES string of the molecule is CCN1CCN(C(=O)[C@@H](C)N[C@H](C)Cn2cccn2)CC1. The number of piperazine rings is 1. The fraction of sp³-hybridized carbons (Fsp3) is 0.733. The molecular weight excluding hydrogens is 266 g/mol. The zero-order valence-electron chi connectivity index (χ0n) is 13.3. The van der Waals surface area contributed by atoms with Crippen LogP contribution in [-0.2, 0) is 11.3 Å². The van der Waals surface area contributed by atoms with Crippen LogP contribution in [0.3, 0.4) is 0 Å². The van der Waals surface area contributed by atoms with Crippen LogP contribution in [0.25, 0.3) is 0 Å². The quantitative estimate of drug-likeness (QED) is 0.825. The van der Waals surface area contributed by atoms with Gasteiger partial charge in [-0.1, -0.05) is 6.92 Å². The molecule has 0 spiro atoms. The van der Waals surface area contributed by atoms with E-state index in [9.17, 15) is 4.79 Å². The van der Waals surface area contributed by atoms with Crippen LogP contribution in [0.15, 0.2) is 18.5 Å². The topological polar surface area (TPSA) is 53.4 Å². The van der Waals surface area contributed by atoms with E-state index < -0.39 is 0 Å². The highest BCUT2D eigenvalue weighted by atomic mass is 16.2. The number of carbonyl (C=O) groups is 1. The van der Waals surface area contributed by atoms with Gasteiger partial charge in [0.2, 0.25) is 5.91 Å². The van der Waals surface area contributed by atoms with Crippen molar-refractivity contribution in [2.75, 3.05) is 32.7 Å². The minimum absolute atomic E-state index is 0.149. The highest BCUT2D eigenvalue weighted by Gasteiger charge is 2.25. The van der Waals surface area contributed by atoms with Gasteiger partial charge in [-0.15, -0.1) is 0 Å². The average Bonchev–Trinajstić information content (AvgIpc) is 2.99. The van der Waals surface area contributed by atoms with Gasteiger partial charge in [0.05, 0.1) is 12.6 Å². The van der Waals surface area contributed by atoms with Crippen LogP contribution in [0.5, 0.6) is 0 Å². The minimum atomic E-state index is -0.149. The average molecular weight is 293 g/mol. The molecule has 0 aromatic carbocycles. The van der Waals surface area contributed by atoms with Crippen LogP contribution in [0.1, 0.15) is 20.8 Å². The molecule has 1 saturated heterocycles. The summed E-state index contributed by atoms with van der Waals surface area (Å²) in [5.41, 5.74) is 0. The first-order valence-electron chi connectivity index (χ1n) is 7.84. The highest BCUT2D eigenvalue weighted by Crippen LogP contribution is 2.04. The van der Waals surface area contributed by atoms with Gasteiger partial charge in [-0.25, -0.2) is 0 Å². The molecule has 1 aromatic rings. The Morgan fingerprint density at radius 1 is 1.29 bits per heavy atom. The molecule has 0 saturated carbocycles. The molecule has 6 heteroatoms. The third kappa shape index (κ3) is 4.54. The molecule has 1 aliphatic rings. The second kappa shape index (κ2) is 7.56. The number of likely N-dealkylation sites (N-methyl/N-ethyl adjacent to an activating group) is 1. The van der Waals surface area contributed by atoms with Crippen LogP contribution >= 0.6 is 0 Å². The van der Waals surface area contributed by atoms with Crippen LogP contribution < -0.4 is 5.32 Å². The van der Waals surface area contributed by atoms with Crippen molar-refractivity contribution >= 4 is 5.91 Å². The van der Waals surface area contributed by atoms with Crippen molar-refractivity contribution < 1.29 is 4.79 Å². The van der Waals surface area contributed by atoms with Crippen molar-refractivity contribution in [1.82, 2.24) is 24.9 Å². The third-order valence-electron chi connectivity index (χ3n) is 4.06. The van der Waals surface area contributed by atoms with Crippen LogP contribution in [0.2, 0.25) is 0 Å². The molecule has 0 unspecified atom stereocenters. The fourth-order valence-corrected chi connectivity index (χ4v) is 2.80. The molecule has 0 radical (unpaired) electrons. The van der Waals surface area contributed by atoms with Crippen molar-refractivity contribution in [3.63, 3.8) is 0 Å². The van der Waals surface area contributed by atoms with Crippen molar-refractivity contribution in [3.8, 4) is 0 Å². The molecule has 118 valence electrons. The zero-order chi connectivity index (χ0) is 15.2. The van der Waals surface area contributed by atoms with E-state index in [0.29, 0.717) is 0 Å². The van der Waals surface area contributed by atoms with Crippen LogP contribution in [-0.4, -0.2) is 70.3 Å². The van der Waals surface area contributed by atoms with E-state index in [1.165, 1.54) is 0 Å². The summed E-state index contributed by atoms with van der Waals surface area (Å²) in [5.74, 6) is 0.207. The number of nitrogens with zero attached hydrogens (tertiary/aromatic N) is 4. The number of carbonyl (C=O) groups excluding carboxylic acids is 1. The molecule has 1 aromatic heterocycles. The molecule has 21 heavy (non-hydrogen) atoms. The van der Waals surface area contributed by atoms with E-state index in [4.69, 9.17) is 0 Å². The molecule has 0 aliphatic carbocycles. The lowest BCUT2D eigenvalue weighted by molar-refractivity contribution is -0.135. The van der Waals surface area contributed by atoms with Gasteiger partial charge < -0.3 is 15.1 Å². The summed E-state index contributed by atoms with van der Waals surface area (Å²) in [4.78, 5) is 16.8. The number of hydrogen-bond donors (Lipinski definition) is 1.